The van der Waals surface area contributed by atoms with Gasteiger partial charge in [-0.2, -0.15) is 18.4 Å². The Balaban J connectivity index is 2.83. The van der Waals surface area contributed by atoms with E-state index in [4.69, 9.17) is 10.4 Å². The number of alkyl halides is 3. The van der Waals surface area contributed by atoms with Crippen molar-refractivity contribution in [2.75, 3.05) is 11.9 Å². The standard InChI is InChI=1S/C12H11F3N2O3/c13-12(14,15)10-3-8(2-1-7(10)5-16)17-6-9(18)4-11(19)20/h1-3,9,17-18H,4,6H2,(H,19,20). The minimum atomic E-state index is -4.66. The molecule has 0 saturated heterocycles. The minimum Gasteiger partial charge on any atom is -0.481 e. The molecule has 1 rings (SSSR count). The van der Waals surface area contributed by atoms with Gasteiger partial charge < -0.3 is 15.5 Å². The van der Waals surface area contributed by atoms with E-state index >= 15 is 0 Å². The number of hydrogen-bond acceptors (Lipinski definition) is 4. The second-order valence-corrected chi connectivity index (χ2v) is 4.00. The van der Waals surface area contributed by atoms with Crippen molar-refractivity contribution in [1.29, 1.82) is 5.26 Å². The lowest BCUT2D eigenvalue weighted by Crippen LogP contribution is -2.22. The van der Waals surface area contributed by atoms with E-state index in [-0.39, 0.29) is 12.2 Å². The molecule has 0 heterocycles. The van der Waals surface area contributed by atoms with Crippen molar-refractivity contribution in [1.82, 2.24) is 0 Å². The van der Waals surface area contributed by atoms with E-state index in [2.05, 4.69) is 5.32 Å². The first-order chi connectivity index (χ1) is 9.24. The molecule has 1 aromatic rings. The molecule has 0 aromatic heterocycles. The van der Waals surface area contributed by atoms with Gasteiger partial charge in [0.2, 0.25) is 0 Å². The number of halogens is 3. The lowest BCUT2D eigenvalue weighted by atomic mass is 10.1. The van der Waals surface area contributed by atoms with Gasteiger partial charge in [-0.3, -0.25) is 4.79 Å². The van der Waals surface area contributed by atoms with Gasteiger partial charge in [0.05, 0.1) is 29.7 Å². The van der Waals surface area contributed by atoms with E-state index in [1.807, 2.05) is 0 Å². The second kappa shape index (κ2) is 6.25. The van der Waals surface area contributed by atoms with E-state index in [1.165, 1.54) is 12.1 Å². The monoisotopic (exact) mass is 288 g/mol. The molecule has 8 heteroatoms. The van der Waals surface area contributed by atoms with Crippen molar-refractivity contribution in [3.05, 3.63) is 29.3 Å². The Kier molecular flexibility index (Phi) is 4.94. The van der Waals surface area contributed by atoms with Crippen molar-refractivity contribution in [3.63, 3.8) is 0 Å². The molecule has 1 aromatic carbocycles. The molecule has 0 aliphatic rings. The van der Waals surface area contributed by atoms with E-state index in [1.54, 1.807) is 0 Å². The normalized spacial score (nSPS) is 12.6. The van der Waals surface area contributed by atoms with Crippen molar-refractivity contribution in [2.24, 2.45) is 0 Å². The molecule has 5 nitrogen and oxygen atoms in total. The van der Waals surface area contributed by atoms with Gasteiger partial charge >= 0.3 is 12.1 Å². The van der Waals surface area contributed by atoms with Crippen LogP contribution in [0.5, 0.6) is 0 Å². The Morgan fingerprint density at radius 3 is 2.60 bits per heavy atom. The Morgan fingerprint density at radius 2 is 2.10 bits per heavy atom. The van der Waals surface area contributed by atoms with Crippen LogP contribution < -0.4 is 5.32 Å². The molecule has 0 amide bonds. The highest BCUT2D eigenvalue weighted by atomic mass is 19.4. The lowest BCUT2D eigenvalue weighted by Gasteiger charge is -2.14. The van der Waals surface area contributed by atoms with Crippen LogP contribution in [0.3, 0.4) is 0 Å². The Morgan fingerprint density at radius 1 is 1.45 bits per heavy atom. The molecule has 0 bridgehead atoms. The predicted molar refractivity (Wildman–Crippen MR) is 62.9 cm³/mol. The van der Waals surface area contributed by atoms with Crippen LogP contribution in [0.15, 0.2) is 18.2 Å². The molecule has 1 atom stereocenters. The lowest BCUT2D eigenvalue weighted by molar-refractivity contribution is -0.139. The van der Waals surface area contributed by atoms with Crippen LogP contribution in [-0.4, -0.2) is 28.8 Å². The number of hydrogen-bond donors (Lipinski definition) is 3. The molecular formula is C12H11F3N2O3. The van der Waals surface area contributed by atoms with Crippen LogP contribution in [-0.2, 0) is 11.0 Å². The van der Waals surface area contributed by atoms with Crippen LogP contribution in [0, 0.1) is 11.3 Å². The number of carbonyl (C=O) groups is 1. The summed E-state index contributed by atoms with van der Waals surface area (Å²) in [7, 11) is 0. The van der Waals surface area contributed by atoms with E-state index in [0.717, 1.165) is 12.1 Å². The smallest absolute Gasteiger partial charge is 0.417 e. The molecule has 0 radical (unpaired) electrons. The third kappa shape index (κ3) is 4.44. The number of benzene rings is 1. The first-order valence-corrected chi connectivity index (χ1v) is 5.49. The molecule has 0 fully saturated rings. The van der Waals surface area contributed by atoms with Gasteiger partial charge in [-0.1, -0.05) is 0 Å². The fraction of sp³-hybridized carbons (Fsp3) is 0.333. The third-order valence-corrected chi connectivity index (χ3v) is 2.40. The van der Waals surface area contributed by atoms with Crippen molar-refractivity contribution >= 4 is 11.7 Å². The Labute approximate surface area is 112 Å². The number of nitrogens with zero attached hydrogens (tertiary/aromatic N) is 1. The zero-order valence-electron chi connectivity index (χ0n) is 10.1. The molecule has 0 aliphatic carbocycles. The van der Waals surface area contributed by atoms with Gasteiger partial charge in [0.1, 0.15) is 0 Å². The quantitative estimate of drug-likeness (QED) is 0.768. The summed E-state index contributed by atoms with van der Waals surface area (Å²) in [6.07, 6.45) is -6.41. The molecule has 1 unspecified atom stereocenters. The van der Waals surface area contributed by atoms with Crippen molar-refractivity contribution < 1.29 is 28.2 Å². The predicted octanol–water partition coefficient (Wildman–Crippen LogP) is 1.82. The number of aliphatic carboxylic acids is 1. The number of nitrogens with one attached hydrogen (secondary N) is 1. The topological polar surface area (TPSA) is 93.4 Å². The molecule has 20 heavy (non-hydrogen) atoms. The number of aliphatic hydroxyl groups excluding tert-OH is 1. The molecule has 0 aliphatic heterocycles. The van der Waals surface area contributed by atoms with Crippen LogP contribution in [0.25, 0.3) is 0 Å². The highest BCUT2D eigenvalue weighted by Crippen LogP contribution is 2.33. The highest BCUT2D eigenvalue weighted by Gasteiger charge is 2.33. The highest BCUT2D eigenvalue weighted by molar-refractivity contribution is 5.67. The average molecular weight is 288 g/mol. The molecular weight excluding hydrogens is 277 g/mol. The zero-order valence-corrected chi connectivity index (χ0v) is 10.1. The maximum absolute atomic E-state index is 12.7. The number of anilines is 1. The summed E-state index contributed by atoms with van der Waals surface area (Å²) < 4.78 is 38.0. The Bertz CT molecular complexity index is 538. The largest absolute Gasteiger partial charge is 0.481 e. The summed E-state index contributed by atoms with van der Waals surface area (Å²) in [5, 5.41) is 28.8. The van der Waals surface area contributed by atoms with Crippen LogP contribution in [0.4, 0.5) is 18.9 Å². The molecule has 0 saturated carbocycles. The molecule has 108 valence electrons. The van der Waals surface area contributed by atoms with Gasteiger partial charge in [-0.25, -0.2) is 0 Å². The minimum absolute atomic E-state index is 0.0424. The molecule has 3 N–H and O–H groups in total. The molecule has 0 spiro atoms. The summed E-state index contributed by atoms with van der Waals surface area (Å²) in [6, 6.07) is 4.45. The van der Waals surface area contributed by atoms with Crippen molar-refractivity contribution in [2.45, 2.75) is 18.7 Å². The Hall–Kier alpha value is -2.27. The fourth-order valence-corrected chi connectivity index (χ4v) is 1.50. The van der Waals surface area contributed by atoms with E-state index < -0.39 is 35.8 Å². The second-order valence-electron chi connectivity index (χ2n) is 4.00. The SMILES string of the molecule is N#Cc1ccc(NCC(O)CC(=O)O)cc1C(F)(F)F. The van der Waals surface area contributed by atoms with Crippen LogP contribution >= 0.6 is 0 Å². The summed E-state index contributed by atoms with van der Waals surface area (Å²) in [6.45, 7) is -0.213. The van der Waals surface area contributed by atoms with Crippen LogP contribution in [0.1, 0.15) is 17.5 Å². The number of aliphatic hydroxyl groups is 1. The van der Waals surface area contributed by atoms with Gasteiger partial charge in [0.25, 0.3) is 0 Å². The first kappa shape index (κ1) is 15.8. The summed E-state index contributed by atoms with van der Waals surface area (Å²) >= 11 is 0. The average Bonchev–Trinajstić information content (AvgIpc) is 2.34. The van der Waals surface area contributed by atoms with E-state index in [9.17, 15) is 23.1 Å². The maximum Gasteiger partial charge on any atom is 0.417 e. The zero-order chi connectivity index (χ0) is 15.3. The van der Waals surface area contributed by atoms with Gasteiger partial charge in [0.15, 0.2) is 0 Å². The summed E-state index contributed by atoms with van der Waals surface area (Å²) in [5.41, 5.74) is -1.55. The maximum atomic E-state index is 12.7. The van der Waals surface area contributed by atoms with Gasteiger partial charge in [-0.05, 0) is 18.2 Å². The van der Waals surface area contributed by atoms with Crippen LogP contribution in [0.2, 0.25) is 0 Å². The van der Waals surface area contributed by atoms with Gasteiger partial charge in [0, 0.05) is 12.2 Å². The van der Waals surface area contributed by atoms with Crippen molar-refractivity contribution in [3.8, 4) is 6.07 Å². The third-order valence-electron chi connectivity index (χ3n) is 2.40. The fourth-order valence-electron chi connectivity index (χ4n) is 1.50. The van der Waals surface area contributed by atoms with Gasteiger partial charge in [-0.15, -0.1) is 0 Å². The first-order valence-electron chi connectivity index (χ1n) is 5.49. The van der Waals surface area contributed by atoms with E-state index in [0.29, 0.717) is 0 Å². The number of nitriles is 1. The number of carboxylic acid groups (broad SMARTS) is 1. The number of rotatable bonds is 5. The number of carboxylic acids is 1. The summed E-state index contributed by atoms with van der Waals surface area (Å²) in [4.78, 5) is 10.3. The summed E-state index contributed by atoms with van der Waals surface area (Å²) in [5.74, 6) is -1.21.